The highest BCUT2D eigenvalue weighted by atomic mass is 14.8. The standard InChI is InChI=1S/C18H24N4.C4H8.C3H8/c1-4-5-18(16-11-20-12-21-14(16)3)22-17-7-6-15(8-9-19)10-13(17)2;1-4-2-3-4;1-3-2/h6-7,10-12H,4-5,8-9,19H2,1-3H3;4H,2-3H2,1H3;3H2,1-2H3. The SMILES string of the molecule is CC1CC1.CCC.CCCC(=Nc1ccc(CCN)cc1C)c1cncnc1C. The van der Waals surface area contributed by atoms with Crippen LogP contribution < -0.4 is 5.73 Å². The van der Waals surface area contributed by atoms with Gasteiger partial charge in [0.2, 0.25) is 0 Å². The molecule has 29 heavy (non-hydrogen) atoms. The minimum Gasteiger partial charge on any atom is -0.330 e. The third kappa shape index (κ3) is 9.80. The molecule has 0 atom stereocenters. The summed E-state index contributed by atoms with van der Waals surface area (Å²) >= 11 is 0. The van der Waals surface area contributed by atoms with Gasteiger partial charge < -0.3 is 5.73 Å². The second-order valence-electron chi connectivity index (χ2n) is 7.88. The Morgan fingerprint density at radius 1 is 1.17 bits per heavy atom. The summed E-state index contributed by atoms with van der Waals surface area (Å²) in [6.45, 7) is 13.5. The van der Waals surface area contributed by atoms with E-state index in [-0.39, 0.29) is 0 Å². The van der Waals surface area contributed by atoms with Gasteiger partial charge in [-0.1, -0.05) is 65.5 Å². The molecule has 0 aliphatic heterocycles. The van der Waals surface area contributed by atoms with Gasteiger partial charge >= 0.3 is 0 Å². The Kier molecular flexibility index (Phi) is 12.1. The first-order valence-electron chi connectivity index (χ1n) is 11.1. The maximum Gasteiger partial charge on any atom is 0.115 e. The van der Waals surface area contributed by atoms with E-state index in [2.05, 4.69) is 62.8 Å². The Labute approximate surface area is 178 Å². The van der Waals surface area contributed by atoms with Gasteiger partial charge in [0.05, 0.1) is 11.4 Å². The number of nitrogens with two attached hydrogens (primary N) is 1. The van der Waals surface area contributed by atoms with E-state index >= 15 is 0 Å². The van der Waals surface area contributed by atoms with Gasteiger partial charge in [0, 0.05) is 17.5 Å². The Hall–Kier alpha value is -2.07. The largest absolute Gasteiger partial charge is 0.330 e. The van der Waals surface area contributed by atoms with E-state index in [0.29, 0.717) is 6.54 Å². The molecule has 0 saturated heterocycles. The molecule has 3 rings (SSSR count). The zero-order valence-electron chi connectivity index (χ0n) is 19.3. The molecule has 1 saturated carbocycles. The fourth-order valence-electron chi connectivity index (χ4n) is 2.64. The maximum atomic E-state index is 5.62. The molecule has 0 spiro atoms. The first-order valence-corrected chi connectivity index (χ1v) is 11.1. The zero-order valence-corrected chi connectivity index (χ0v) is 19.3. The molecule has 1 aromatic heterocycles. The molecule has 0 bridgehead atoms. The van der Waals surface area contributed by atoms with Gasteiger partial charge in [0.1, 0.15) is 6.33 Å². The van der Waals surface area contributed by atoms with E-state index in [4.69, 9.17) is 10.7 Å². The number of aryl methyl sites for hydroxylation is 2. The van der Waals surface area contributed by atoms with Gasteiger partial charge in [-0.15, -0.1) is 0 Å². The summed E-state index contributed by atoms with van der Waals surface area (Å²) in [5, 5.41) is 0. The second kappa shape index (κ2) is 14.0. The Morgan fingerprint density at radius 3 is 2.31 bits per heavy atom. The van der Waals surface area contributed by atoms with Crippen LogP contribution in [-0.2, 0) is 6.42 Å². The Morgan fingerprint density at radius 2 is 1.83 bits per heavy atom. The van der Waals surface area contributed by atoms with Crippen molar-refractivity contribution in [3.05, 3.63) is 53.1 Å². The summed E-state index contributed by atoms with van der Waals surface area (Å²) in [4.78, 5) is 13.3. The average molecular weight is 397 g/mol. The van der Waals surface area contributed by atoms with Crippen LogP contribution in [0.5, 0.6) is 0 Å². The van der Waals surface area contributed by atoms with Gasteiger partial charge in [-0.2, -0.15) is 0 Å². The van der Waals surface area contributed by atoms with E-state index in [1.54, 1.807) is 6.33 Å². The van der Waals surface area contributed by atoms with Crippen LogP contribution in [0.25, 0.3) is 0 Å². The van der Waals surface area contributed by atoms with Gasteiger partial charge in [-0.05, 0) is 56.3 Å². The molecule has 2 N–H and O–H groups in total. The lowest BCUT2D eigenvalue weighted by Gasteiger charge is -2.10. The third-order valence-corrected chi connectivity index (χ3v) is 4.52. The van der Waals surface area contributed by atoms with E-state index < -0.39 is 0 Å². The van der Waals surface area contributed by atoms with Crippen LogP contribution in [-0.4, -0.2) is 22.2 Å². The lowest BCUT2D eigenvalue weighted by Crippen LogP contribution is -2.05. The third-order valence-electron chi connectivity index (χ3n) is 4.52. The lowest BCUT2D eigenvalue weighted by atomic mass is 10.0. The van der Waals surface area contributed by atoms with Crippen molar-refractivity contribution in [3.8, 4) is 0 Å². The number of aromatic nitrogens is 2. The van der Waals surface area contributed by atoms with Crippen molar-refractivity contribution in [2.24, 2.45) is 16.6 Å². The van der Waals surface area contributed by atoms with E-state index in [1.165, 1.54) is 30.4 Å². The molecule has 160 valence electrons. The van der Waals surface area contributed by atoms with Crippen molar-refractivity contribution in [2.45, 2.75) is 80.1 Å². The zero-order chi connectivity index (χ0) is 21.6. The van der Waals surface area contributed by atoms with Crippen LogP contribution in [0, 0.1) is 19.8 Å². The van der Waals surface area contributed by atoms with Crippen LogP contribution in [0.4, 0.5) is 5.69 Å². The van der Waals surface area contributed by atoms with Crippen molar-refractivity contribution in [2.75, 3.05) is 6.54 Å². The molecule has 0 amide bonds. The predicted octanol–water partition coefficient (Wildman–Crippen LogP) is 6.35. The molecular weight excluding hydrogens is 356 g/mol. The van der Waals surface area contributed by atoms with E-state index in [1.807, 2.05) is 13.1 Å². The summed E-state index contributed by atoms with van der Waals surface area (Å²) in [6, 6.07) is 6.36. The molecule has 1 heterocycles. The Balaban J connectivity index is 0.000000511. The number of nitrogens with zero attached hydrogens (tertiary/aromatic N) is 3. The first kappa shape index (κ1) is 25.0. The van der Waals surface area contributed by atoms with Gasteiger partial charge in [0.15, 0.2) is 0 Å². The van der Waals surface area contributed by atoms with Gasteiger partial charge in [0.25, 0.3) is 0 Å². The quantitative estimate of drug-likeness (QED) is 0.579. The maximum absolute atomic E-state index is 5.62. The molecule has 2 aromatic rings. The Bertz CT molecular complexity index is 748. The van der Waals surface area contributed by atoms with Crippen LogP contribution in [0.3, 0.4) is 0 Å². The van der Waals surface area contributed by atoms with Crippen molar-refractivity contribution >= 4 is 11.4 Å². The summed E-state index contributed by atoms with van der Waals surface area (Å²) in [5.41, 5.74) is 12.1. The summed E-state index contributed by atoms with van der Waals surface area (Å²) in [5.74, 6) is 1.08. The smallest absolute Gasteiger partial charge is 0.115 e. The summed E-state index contributed by atoms with van der Waals surface area (Å²) < 4.78 is 0. The fraction of sp³-hybridized carbons (Fsp3) is 0.560. The highest BCUT2D eigenvalue weighted by molar-refractivity contribution is 6.02. The molecule has 1 aromatic carbocycles. The van der Waals surface area contributed by atoms with Gasteiger partial charge in [-0.25, -0.2) is 9.97 Å². The van der Waals surface area contributed by atoms with Crippen LogP contribution in [0.15, 0.2) is 35.7 Å². The minimum atomic E-state index is 0.670. The number of benzene rings is 1. The van der Waals surface area contributed by atoms with Crippen molar-refractivity contribution in [1.29, 1.82) is 0 Å². The van der Waals surface area contributed by atoms with Gasteiger partial charge in [-0.3, -0.25) is 4.99 Å². The lowest BCUT2D eigenvalue weighted by molar-refractivity contribution is 0.965. The summed E-state index contributed by atoms with van der Waals surface area (Å²) in [6.07, 6.45) is 10.5. The van der Waals surface area contributed by atoms with E-state index in [0.717, 1.165) is 47.8 Å². The second-order valence-corrected chi connectivity index (χ2v) is 7.88. The fourth-order valence-corrected chi connectivity index (χ4v) is 2.64. The van der Waals surface area contributed by atoms with Crippen molar-refractivity contribution < 1.29 is 0 Å². The van der Waals surface area contributed by atoms with Crippen molar-refractivity contribution in [1.82, 2.24) is 9.97 Å². The van der Waals surface area contributed by atoms with Crippen LogP contribution >= 0.6 is 0 Å². The molecule has 1 aliphatic rings. The molecular formula is C25H40N4. The average Bonchev–Trinajstić information content (AvgIpc) is 3.47. The number of hydrogen-bond donors (Lipinski definition) is 1. The predicted molar refractivity (Wildman–Crippen MR) is 126 cm³/mol. The van der Waals surface area contributed by atoms with E-state index in [9.17, 15) is 0 Å². The molecule has 4 nitrogen and oxygen atoms in total. The normalized spacial score (nSPS) is 13.1. The van der Waals surface area contributed by atoms with Crippen LogP contribution in [0.1, 0.15) is 82.2 Å². The first-order chi connectivity index (χ1) is 14.0. The molecule has 1 fully saturated rings. The molecule has 4 heteroatoms. The highest BCUT2D eigenvalue weighted by Gasteiger charge is 2.12. The number of rotatable bonds is 6. The molecule has 0 unspecified atom stereocenters. The topological polar surface area (TPSA) is 64.2 Å². The molecule has 0 radical (unpaired) electrons. The summed E-state index contributed by atoms with van der Waals surface area (Å²) in [7, 11) is 0. The molecule has 1 aliphatic carbocycles. The van der Waals surface area contributed by atoms with Crippen LogP contribution in [0.2, 0.25) is 0 Å². The monoisotopic (exact) mass is 396 g/mol. The van der Waals surface area contributed by atoms with Crippen molar-refractivity contribution in [3.63, 3.8) is 0 Å². The minimum absolute atomic E-state index is 0.670. The highest BCUT2D eigenvalue weighted by Crippen LogP contribution is 2.26. The number of aliphatic imine (C=N–C) groups is 1. The number of hydrogen-bond acceptors (Lipinski definition) is 4.